The molecular formula is C4H13NOSi. The summed E-state index contributed by atoms with van der Waals surface area (Å²) in [5, 5.41) is 3.04. The van der Waals surface area contributed by atoms with E-state index in [2.05, 4.69) is 5.32 Å². The molecule has 0 aromatic carbocycles. The van der Waals surface area contributed by atoms with E-state index in [0.717, 1.165) is 30.1 Å². The molecule has 0 saturated heterocycles. The van der Waals surface area contributed by atoms with Crippen LogP contribution in [0.2, 0.25) is 0 Å². The molecular weight excluding hydrogens is 106 g/mol. The maximum absolute atomic E-state index is 4.94. The summed E-state index contributed by atoms with van der Waals surface area (Å²) < 4.78 is 4.94. The Bertz CT molecular complexity index is 30.9. The van der Waals surface area contributed by atoms with Crippen LogP contribution in [0.3, 0.4) is 0 Å². The number of rotatable bonds is 4. The first-order chi connectivity index (χ1) is 3.41. The van der Waals surface area contributed by atoms with Gasteiger partial charge in [-0.2, -0.15) is 0 Å². The molecule has 0 bridgehead atoms. The van der Waals surface area contributed by atoms with Crippen molar-refractivity contribution in [2.45, 2.75) is 6.42 Å². The molecule has 0 unspecified atom stereocenters. The van der Waals surface area contributed by atoms with Gasteiger partial charge in [0.15, 0.2) is 0 Å². The number of hydrogen-bond acceptors (Lipinski definition) is 2. The van der Waals surface area contributed by atoms with Crippen molar-refractivity contribution >= 4 is 10.5 Å². The highest BCUT2D eigenvalue weighted by Gasteiger charge is 1.78. The fourth-order valence-electron chi connectivity index (χ4n) is 0.393. The quantitative estimate of drug-likeness (QED) is 0.374. The third-order valence-electron chi connectivity index (χ3n) is 0.775. The van der Waals surface area contributed by atoms with Gasteiger partial charge in [-0.3, -0.25) is 0 Å². The molecule has 1 N–H and O–H groups in total. The molecule has 0 aliphatic carbocycles. The Kier molecular flexibility index (Phi) is 6.26. The molecule has 0 heterocycles. The lowest BCUT2D eigenvalue weighted by atomic mass is 10.5. The van der Waals surface area contributed by atoms with Crippen LogP contribution in [0, 0.1) is 0 Å². The summed E-state index contributed by atoms with van der Waals surface area (Å²) in [6.07, 6.45) is 1.14. The summed E-state index contributed by atoms with van der Waals surface area (Å²) in [4.78, 5) is 0. The van der Waals surface area contributed by atoms with Gasteiger partial charge in [-0.25, -0.2) is 0 Å². The van der Waals surface area contributed by atoms with E-state index in [1.807, 2.05) is 7.05 Å². The molecule has 7 heavy (non-hydrogen) atoms. The number of hydrogen-bond donors (Lipinski definition) is 1. The van der Waals surface area contributed by atoms with Gasteiger partial charge in [0, 0.05) is 6.61 Å². The van der Waals surface area contributed by atoms with Crippen molar-refractivity contribution in [3.63, 3.8) is 0 Å². The van der Waals surface area contributed by atoms with E-state index in [1.165, 1.54) is 0 Å². The minimum atomic E-state index is 0.878. The molecule has 3 heteroatoms. The van der Waals surface area contributed by atoms with E-state index in [9.17, 15) is 0 Å². The van der Waals surface area contributed by atoms with Crippen molar-refractivity contribution in [3.8, 4) is 0 Å². The van der Waals surface area contributed by atoms with E-state index >= 15 is 0 Å². The average molecular weight is 119 g/mol. The fraction of sp³-hybridized carbons (Fsp3) is 1.00. The molecule has 0 atom stereocenters. The first kappa shape index (κ1) is 7.14. The normalized spacial score (nSPS) is 9.86. The second kappa shape index (κ2) is 6.14. The lowest BCUT2D eigenvalue weighted by molar-refractivity contribution is 0.339. The summed E-state index contributed by atoms with van der Waals surface area (Å²) in [5.74, 6) is 0. The Morgan fingerprint density at radius 3 is 2.86 bits per heavy atom. The van der Waals surface area contributed by atoms with Crippen molar-refractivity contribution in [1.29, 1.82) is 0 Å². The molecule has 0 rings (SSSR count). The van der Waals surface area contributed by atoms with Gasteiger partial charge in [0.1, 0.15) is 10.5 Å². The van der Waals surface area contributed by atoms with Crippen molar-refractivity contribution < 1.29 is 4.43 Å². The minimum absolute atomic E-state index is 0.878. The van der Waals surface area contributed by atoms with Gasteiger partial charge in [-0.15, -0.1) is 0 Å². The molecule has 0 amide bonds. The molecule has 0 spiro atoms. The Morgan fingerprint density at radius 2 is 2.43 bits per heavy atom. The maximum Gasteiger partial charge on any atom is 0.145 e. The molecule has 0 aromatic rings. The van der Waals surface area contributed by atoms with Crippen molar-refractivity contribution in [2.75, 3.05) is 20.2 Å². The largest absolute Gasteiger partial charge is 0.428 e. The van der Waals surface area contributed by atoms with Gasteiger partial charge in [-0.1, -0.05) is 0 Å². The van der Waals surface area contributed by atoms with Crippen molar-refractivity contribution in [1.82, 2.24) is 5.32 Å². The minimum Gasteiger partial charge on any atom is -0.428 e. The second-order valence-electron chi connectivity index (χ2n) is 1.45. The molecule has 44 valence electrons. The third kappa shape index (κ3) is 6.14. The molecule has 0 aromatic heterocycles. The summed E-state index contributed by atoms with van der Waals surface area (Å²) in [6.45, 7) is 2.00. The second-order valence-corrected chi connectivity index (χ2v) is 2.03. The van der Waals surface area contributed by atoms with Crippen LogP contribution < -0.4 is 5.32 Å². The summed E-state index contributed by atoms with van der Waals surface area (Å²) in [6, 6.07) is 0. The lowest BCUT2D eigenvalue weighted by Gasteiger charge is -1.95. The first-order valence-electron chi connectivity index (χ1n) is 2.55. The average Bonchev–Trinajstić information content (AvgIpc) is 1.69. The summed E-state index contributed by atoms with van der Waals surface area (Å²) in [5.41, 5.74) is 0. The fourth-order valence-corrected chi connectivity index (χ4v) is 0.682. The van der Waals surface area contributed by atoms with Gasteiger partial charge < -0.3 is 9.74 Å². The van der Waals surface area contributed by atoms with Gasteiger partial charge in [0.05, 0.1) is 0 Å². The van der Waals surface area contributed by atoms with Crippen LogP contribution in [-0.2, 0) is 4.43 Å². The van der Waals surface area contributed by atoms with Gasteiger partial charge in [0.25, 0.3) is 0 Å². The molecule has 2 nitrogen and oxygen atoms in total. The SMILES string of the molecule is CNCCCO[SiH3]. The van der Waals surface area contributed by atoms with Crippen LogP contribution in [-0.4, -0.2) is 30.7 Å². The van der Waals surface area contributed by atoms with E-state index in [4.69, 9.17) is 4.43 Å². The van der Waals surface area contributed by atoms with E-state index in [0.29, 0.717) is 0 Å². The summed E-state index contributed by atoms with van der Waals surface area (Å²) >= 11 is 0. The Balaban J connectivity index is 2.45. The molecule has 0 radical (unpaired) electrons. The molecule has 0 fully saturated rings. The predicted octanol–water partition coefficient (Wildman–Crippen LogP) is -1.11. The summed E-state index contributed by atoms with van der Waals surface area (Å²) in [7, 11) is 2.83. The van der Waals surface area contributed by atoms with Crippen molar-refractivity contribution in [3.05, 3.63) is 0 Å². The predicted molar refractivity (Wildman–Crippen MR) is 34.4 cm³/mol. The molecule has 0 aliphatic heterocycles. The first-order valence-corrected chi connectivity index (χ1v) is 3.37. The van der Waals surface area contributed by atoms with Crippen LogP contribution in [0.4, 0.5) is 0 Å². The Hall–Kier alpha value is 0.137. The lowest BCUT2D eigenvalue weighted by Crippen LogP contribution is -2.09. The van der Waals surface area contributed by atoms with Crippen molar-refractivity contribution in [2.24, 2.45) is 0 Å². The molecule has 0 saturated carbocycles. The van der Waals surface area contributed by atoms with Crippen LogP contribution in [0.15, 0.2) is 0 Å². The van der Waals surface area contributed by atoms with Gasteiger partial charge >= 0.3 is 0 Å². The highest BCUT2D eigenvalue weighted by Crippen LogP contribution is 1.72. The Morgan fingerprint density at radius 1 is 1.71 bits per heavy atom. The van der Waals surface area contributed by atoms with Crippen LogP contribution >= 0.6 is 0 Å². The van der Waals surface area contributed by atoms with Crippen LogP contribution in [0.25, 0.3) is 0 Å². The monoisotopic (exact) mass is 119 g/mol. The third-order valence-corrected chi connectivity index (χ3v) is 1.18. The van der Waals surface area contributed by atoms with Gasteiger partial charge in [-0.05, 0) is 20.0 Å². The standard InChI is InChI=1S/C4H13NOSi/c1-5-3-2-4-6-7/h5H,2-4H2,1,7H3. The Labute approximate surface area is 47.8 Å². The van der Waals surface area contributed by atoms with Crippen LogP contribution in [0.5, 0.6) is 0 Å². The molecule has 0 aliphatic rings. The van der Waals surface area contributed by atoms with E-state index in [1.54, 1.807) is 0 Å². The van der Waals surface area contributed by atoms with E-state index < -0.39 is 0 Å². The highest BCUT2D eigenvalue weighted by atomic mass is 28.2. The number of nitrogens with one attached hydrogen (secondary N) is 1. The maximum atomic E-state index is 4.94. The zero-order valence-electron chi connectivity index (χ0n) is 5.03. The smallest absolute Gasteiger partial charge is 0.145 e. The van der Waals surface area contributed by atoms with Gasteiger partial charge in [0.2, 0.25) is 0 Å². The highest BCUT2D eigenvalue weighted by molar-refractivity contribution is 5.97. The zero-order valence-corrected chi connectivity index (χ0v) is 7.03. The van der Waals surface area contributed by atoms with Crippen LogP contribution in [0.1, 0.15) is 6.42 Å². The topological polar surface area (TPSA) is 21.3 Å². The van der Waals surface area contributed by atoms with E-state index in [-0.39, 0.29) is 0 Å². The zero-order chi connectivity index (χ0) is 5.54.